The van der Waals surface area contributed by atoms with Crippen LogP contribution in [0.1, 0.15) is 10.4 Å². The summed E-state index contributed by atoms with van der Waals surface area (Å²) in [6, 6.07) is 3.10. The Morgan fingerprint density at radius 1 is 1.60 bits per heavy atom. The summed E-state index contributed by atoms with van der Waals surface area (Å²) in [6.07, 6.45) is 2.90. The number of aromatic nitrogens is 1. The van der Waals surface area contributed by atoms with E-state index in [4.69, 9.17) is 0 Å². The molecule has 5 nitrogen and oxygen atoms in total. The lowest BCUT2D eigenvalue weighted by molar-refractivity contribution is 0.0595. The van der Waals surface area contributed by atoms with Crippen LogP contribution >= 0.6 is 0 Å². The summed E-state index contributed by atoms with van der Waals surface area (Å²) in [6.45, 7) is 0. The number of esters is 1. The number of pyridine rings is 1. The van der Waals surface area contributed by atoms with Crippen molar-refractivity contribution in [3.8, 4) is 0 Å². The van der Waals surface area contributed by atoms with E-state index >= 15 is 0 Å². The number of rotatable bonds is 2. The van der Waals surface area contributed by atoms with Crippen LogP contribution in [0.15, 0.2) is 27.7 Å². The molecular weight excluding hydrogens is 216 g/mol. The molecule has 1 atom stereocenters. The first-order chi connectivity index (χ1) is 7.03. The third-order valence-electron chi connectivity index (χ3n) is 1.88. The van der Waals surface area contributed by atoms with Gasteiger partial charge in [-0.2, -0.15) is 0 Å². The monoisotopic (exact) mass is 228 g/mol. The summed E-state index contributed by atoms with van der Waals surface area (Å²) in [4.78, 5) is 15.3. The summed E-state index contributed by atoms with van der Waals surface area (Å²) in [7, 11) is 0.0713. The average Bonchev–Trinajstić information content (AvgIpc) is 2.28. The predicted octanol–water partition coefficient (Wildman–Crippen LogP) is 0.955. The molecule has 0 amide bonds. The van der Waals surface area contributed by atoms with Gasteiger partial charge in [-0.1, -0.05) is 0 Å². The van der Waals surface area contributed by atoms with Crippen molar-refractivity contribution < 1.29 is 13.7 Å². The van der Waals surface area contributed by atoms with E-state index < -0.39 is 15.7 Å². The molecule has 0 aliphatic rings. The van der Waals surface area contributed by atoms with Crippen molar-refractivity contribution in [2.75, 3.05) is 20.4 Å². The first-order valence-electron chi connectivity index (χ1n) is 4.16. The highest BCUT2D eigenvalue weighted by atomic mass is 32.2. The molecule has 1 aromatic rings. The lowest BCUT2D eigenvalue weighted by Crippen LogP contribution is -2.11. The zero-order chi connectivity index (χ0) is 11.5. The molecule has 1 aromatic heterocycles. The van der Waals surface area contributed by atoms with Crippen LogP contribution in [-0.4, -0.2) is 35.6 Å². The molecule has 6 heteroatoms. The van der Waals surface area contributed by atoms with E-state index in [0.717, 1.165) is 0 Å². The summed E-state index contributed by atoms with van der Waals surface area (Å²) in [5, 5.41) is 0.166. The Kier molecular flexibility index (Phi) is 3.41. The van der Waals surface area contributed by atoms with Crippen molar-refractivity contribution in [3.05, 3.63) is 23.9 Å². The highest BCUT2D eigenvalue weighted by molar-refractivity contribution is 7.92. The van der Waals surface area contributed by atoms with Crippen molar-refractivity contribution >= 4 is 15.7 Å². The molecule has 1 rings (SSSR count). The van der Waals surface area contributed by atoms with Gasteiger partial charge in [0.1, 0.15) is 5.03 Å². The van der Waals surface area contributed by atoms with E-state index in [1.165, 1.54) is 32.7 Å². The van der Waals surface area contributed by atoms with Crippen LogP contribution in [-0.2, 0) is 14.5 Å². The van der Waals surface area contributed by atoms with Gasteiger partial charge in [-0.15, -0.1) is 0 Å². The van der Waals surface area contributed by atoms with Gasteiger partial charge in [0.25, 0.3) is 0 Å². The first-order valence-corrected chi connectivity index (χ1v) is 6.09. The first kappa shape index (κ1) is 11.6. The van der Waals surface area contributed by atoms with E-state index in [1.807, 2.05) is 0 Å². The molecule has 0 fully saturated rings. The maximum Gasteiger partial charge on any atom is 0.340 e. The number of hydrogen-bond acceptors (Lipinski definition) is 5. The number of hydrogen-bond donors (Lipinski definition) is 0. The molecule has 0 unspecified atom stereocenters. The van der Waals surface area contributed by atoms with Crippen LogP contribution in [0.2, 0.25) is 0 Å². The molecule has 0 spiro atoms. The maximum atomic E-state index is 12.0. The van der Waals surface area contributed by atoms with Crippen molar-refractivity contribution in [2.24, 2.45) is 4.36 Å². The van der Waals surface area contributed by atoms with Crippen LogP contribution in [0.5, 0.6) is 0 Å². The number of carbonyl (C=O) groups is 1. The topological polar surface area (TPSA) is 68.6 Å². The Labute approximate surface area is 88.7 Å². The second-order valence-electron chi connectivity index (χ2n) is 2.83. The second kappa shape index (κ2) is 4.39. The molecule has 0 saturated heterocycles. The smallest absolute Gasteiger partial charge is 0.340 e. The minimum absolute atomic E-state index is 0.166. The van der Waals surface area contributed by atoms with Crippen molar-refractivity contribution in [1.82, 2.24) is 4.98 Å². The summed E-state index contributed by atoms with van der Waals surface area (Å²) >= 11 is 0. The van der Waals surface area contributed by atoms with Gasteiger partial charge >= 0.3 is 5.97 Å². The van der Waals surface area contributed by atoms with Gasteiger partial charge in [0, 0.05) is 19.5 Å². The molecule has 0 aromatic carbocycles. The Balaban J connectivity index is 3.44. The van der Waals surface area contributed by atoms with Crippen molar-refractivity contribution in [2.45, 2.75) is 5.03 Å². The summed E-state index contributed by atoms with van der Waals surface area (Å²) in [5.74, 6) is -0.559. The summed E-state index contributed by atoms with van der Waals surface area (Å²) < 4.78 is 20.3. The van der Waals surface area contributed by atoms with Gasteiger partial charge in [-0.3, -0.25) is 0 Å². The van der Waals surface area contributed by atoms with Gasteiger partial charge in [0.05, 0.1) is 22.4 Å². The predicted molar refractivity (Wildman–Crippen MR) is 56.3 cm³/mol. The molecule has 0 aliphatic carbocycles. The largest absolute Gasteiger partial charge is 0.465 e. The lowest BCUT2D eigenvalue weighted by atomic mass is 10.3. The van der Waals surface area contributed by atoms with E-state index in [2.05, 4.69) is 14.1 Å². The SMILES string of the molecule is CN=[S@@](C)(=O)c1ncccc1C(=O)OC. The van der Waals surface area contributed by atoms with Gasteiger partial charge < -0.3 is 4.74 Å². The van der Waals surface area contributed by atoms with Crippen LogP contribution in [0, 0.1) is 0 Å². The fraction of sp³-hybridized carbons (Fsp3) is 0.333. The van der Waals surface area contributed by atoms with Gasteiger partial charge in [-0.25, -0.2) is 18.4 Å². The molecular formula is C9H12N2O3S. The van der Waals surface area contributed by atoms with E-state index in [0.29, 0.717) is 0 Å². The van der Waals surface area contributed by atoms with E-state index in [-0.39, 0.29) is 10.6 Å². The van der Waals surface area contributed by atoms with E-state index in [9.17, 15) is 9.00 Å². The fourth-order valence-electron chi connectivity index (χ4n) is 1.04. The molecule has 0 radical (unpaired) electrons. The average molecular weight is 228 g/mol. The minimum Gasteiger partial charge on any atom is -0.465 e. The standard InChI is InChI=1S/C9H12N2O3S/c1-10-15(3,13)8-7(9(12)14-2)5-4-6-11-8/h4-6H,1-3H3/t15-/m0/s1. The maximum absolute atomic E-state index is 12.0. The quantitative estimate of drug-likeness (QED) is 0.707. The van der Waals surface area contributed by atoms with E-state index in [1.54, 1.807) is 6.07 Å². The van der Waals surface area contributed by atoms with Crippen LogP contribution in [0.25, 0.3) is 0 Å². The normalized spacial score (nSPS) is 14.1. The lowest BCUT2D eigenvalue weighted by Gasteiger charge is -2.06. The minimum atomic E-state index is -2.62. The highest BCUT2D eigenvalue weighted by Gasteiger charge is 2.18. The number of carbonyl (C=O) groups excluding carboxylic acids is 1. The molecule has 82 valence electrons. The van der Waals surface area contributed by atoms with Crippen LogP contribution in [0.4, 0.5) is 0 Å². The van der Waals surface area contributed by atoms with Crippen LogP contribution in [0.3, 0.4) is 0 Å². The fourth-order valence-corrected chi connectivity index (χ4v) is 2.03. The molecule has 0 saturated carbocycles. The third kappa shape index (κ3) is 2.33. The highest BCUT2D eigenvalue weighted by Crippen LogP contribution is 2.14. The summed E-state index contributed by atoms with van der Waals surface area (Å²) in [5.41, 5.74) is 0.193. The number of nitrogens with zero attached hydrogens (tertiary/aromatic N) is 2. The molecule has 0 aliphatic heterocycles. The van der Waals surface area contributed by atoms with Crippen molar-refractivity contribution in [1.29, 1.82) is 0 Å². The molecule has 0 bridgehead atoms. The Morgan fingerprint density at radius 3 is 2.80 bits per heavy atom. The van der Waals surface area contributed by atoms with Gasteiger partial charge in [0.15, 0.2) is 0 Å². The van der Waals surface area contributed by atoms with Gasteiger partial charge in [-0.05, 0) is 12.1 Å². The van der Waals surface area contributed by atoms with Gasteiger partial charge in [0.2, 0.25) is 0 Å². The Morgan fingerprint density at radius 2 is 2.27 bits per heavy atom. The number of methoxy groups -OCH3 is 1. The molecule has 15 heavy (non-hydrogen) atoms. The van der Waals surface area contributed by atoms with Crippen LogP contribution < -0.4 is 0 Å². The third-order valence-corrected chi connectivity index (χ3v) is 3.62. The zero-order valence-corrected chi connectivity index (χ0v) is 9.58. The molecule has 0 N–H and O–H groups in total. The Hall–Kier alpha value is -1.43. The zero-order valence-electron chi connectivity index (χ0n) is 8.76. The number of ether oxygens (including phenoxy) is 1. The second-order valence-corrected chi connectivity index (χ2v) is 5.19. The Bertz CT molecular complexity index is 490. The molecule has 1 heterocycles. The van der Waals surface area contributed by atoms with Crippen molar-refractivity contribution in [3.63, 3.8) is 0 Å².